The fraction of sp³-hybridized carbons (Fsp3) is 0.0789. The maximum absolute atomic E-state index is 13.7. The first-order valence-corrected chi connectivity index (χ1v) is 15.7. The third kappa shape index (κ3) is 8.68. The molecule has 0 bridgehead atoms. The van der Waals surface area contributed by atoms with Gasteiger partial charge in [-0.15, -0.1) is 11.8 Å². The lowest BCUT2D eigenvalue weighted by molar-refractivity contribution is -0.115. The van der Waals surface area contributed by atoms with Crippen molar-refractivity contribution in [2.24, 2.45) is 0 Å². The highest BCUT2D eigenvalue weighted by molar-refractivity contribution is 8.00. The number of carbonyl (C=O) groups is 3. The molecular formula is C38H33N3O5S. The highest BCUT2D eigenvalue weighted by atomic mass is 32.2. The molecule has 2 N–H and O–H groups in total. The molecule has 0 fully saturated rings. The maximum atomic E-state index is 13.7. The molecule has 236 valence electrons. The van der Waals surface area contributed by atoms with Gasteiger partial charge in [0, 0.05) is 33.1 Å². The Morgan fingerprint density at radius 2 is 1.36 bits per heavy atom. The molecule has 0 aliphatic carbocycles. The van der Waals surface area contributed by atoms with E-state index in [0.29, 0.717) is 28.3 Å². The number of benzene rings is 5. The molecule has 0 saturated heterocycles. The van der Waals surface area contributed by atoms with Crippen molar-refractivity contribution in [2.75, 3.05) is 30.2 Å². The highest BCUT2D eigenvalue weighted by Crippen LogP contribution is 2.29. The second-order valence-corrected chi connectivity index (χ2v) is 11.2. The Morgan fingerprint density at radius 1 is 0.723 bits per heavy atom. The van der Waals surface area contributed by atoms with Crippen LogP contribution in [0.2, 0.25) is 0 Å². The second kappa shape index (κ2) is 16.0. The molecule has 8 nitrogen and oxygen atoms in total. The van der Waals surface area contributed by atoms with Gasteiger partial charge in [-0.05, 0) is 78.9 Å². The number of methoxy groups -OCH3 is 2. The summed E-state index contributed by atoms with van der Waals surface area (Å²) in [6, 6.07) is 40.0. The van der Waals surface area contributed by atoms with Crippen LogP contribution in [0.5, 0.6) is 11.5 Å². The Kier molecular flexibility index (Phi) is 11.1. The van der Waals surface area contributed by atoms with E-state index in [-0.39, 0.29) is 17.4 Å². The van der Waals surface area contributed by atoms with Gasteiger partial charge in [0.25, 0.3) is 11.8 Å². The van der Waals surface area contributed by atoms with Gasteiger partial charge in [-0.1, -0.05) is 60.7 Å². The van der Waals surface area contributed by atoms with E-state index in [0.717, 1.165) is 16.3 Å². The fourth-order valence-electron chi connectivity index (χ4n) is 4.71. The summed E-state index contributed by atoms with van der Waals surface area (Å²) < 4.78 is 10.8. The van der Waals surface area contributed by atoms with Crippen LogP contribution < -0.4 is 25.0 Å². The highest BCUT2D eigenvalue weighted by Gasteiger charge is 2.19. The average Bonchev–Trinajstić information content (AvgIpc) is 3.12. The molecule has 0 heterocycles. The summed E-state index contributed by atoms with van der Waals surface area (Å²) >= 11 is 1.36. The van der Waals surface area contributed by atoms with Crippen LogP contribution in [0.25, 0.3) is 6.08 Å². The number of thioether (sulfide) groups is 1. The van der Waals surface area contributed by atoms with Crippen molar-refractivity contribution in [1.29, 1.82) is 0 Å². The van der Waals surface area contributed by atoms with Crippen molar-refractivity contribution in [3.63, 3.8) is 0 Å². The Balaban J connectivity index is 1.35. The predicted molar refractivity (Wildman–Crippen MR) is 187 cm³/mol. The number of amides is 3. The number of hydrogen-bond donors (Lipinski definition) is 2. The van der Waals surface area contributed by atoms with E-state index in [1.165, 1.54) is 24.9 Å². The predicted octanol–water partition coefficient (Wildman–Crippen LogP) is 7.57. The molecule has 5 rings (SSSR count). The summed E-state index contributed by atoms with van der Waals surface area (Å²) in [4.78, 5) is 42.8. The van der Waals surface area contributed by atoms with Crippen LogP contribution in [0.15, 0.2) is 144 Å². The zero-order chi connectivity index (χ0) is 33.0. The maximum Gasteiger partial charge on any atom is 0.272 e. The van der Waals surface area contributed by atoms with E-state index in [9.17, 15) is 14.4 Å². The van der Waals surface area contributed by atoms with Gasteiger partial charge in [0.15, 0.2) is 0 Å². The molecule has 0 aliphatic rings. The molecule has 0 saturated carbocycles. The standard InChI is InChI=1S/C38H33N3O5S/c1-45-32-21-22-35(46-2)28(23-32)24-34(40-37(43)27-13-6-3-7-14-27)38(44)39-29-15-12-20-33(25-29)47-26-36(42)41(30-16-8-4-9-17-30)31-18-10-5-11-19-31/h3-25H,26H2,1-2H3,(H,39,44)(H,40,43)/b34-24-. The van der Waals surface area contributed by atoms with E-state index >= 15 is 0 Å². The number of nitrogens with one attached hydrogen (secondary N) is 2. The summed E-state index contributed by atoms with van der Waals surface area (Å²) in [5.41, 5.74) is 2.97. The zero-order valence-electron chi connectivity index (χ0n) is 25.9. The molecule has 3 amide bonds. The second-order valence-electron chi connectivity index (χ2n) is 10.2. The summed E-state index contributed by atoms with van der Waals surface area (Å²) in [6.07, 6.45) is 1.54. The molecule has 0 aliphatic heterocycles. The largest absolute Gasteiger partial charge is 0.497 e. The summed E-state index contributed by atoms with van der Waals surface area (Å²) in [5, 5.41) is 5.63. The molecule has 5 aromatic carbocycles. The van der Waals surface area contributed by atoms with Crippen molar-refractivity contribution in [2.45, 2.75) is 4.90 Å². The monoisotopic (exact) mass is 643 g/mol. The summed E-state index contributed by atoms with van der Waals surface area (Å²) in [6.45, 7) is 0. The van der Waals surface area contributed by atoms with Gasteiger partial charge in [0.05, 0.1) is 20.0 Å². The Bertz CT molecular complexity index is 1830. The SMILES string of the molecule is COc1ccc(OC)c(/C=C(\NC(=O)c2ccccc2)C(=O)Nc2cccc(SCC(=O)N(c3ccccc3)c3ccccc3)c2)c1. The lowest BCUT2D eigenvalue weighted by Crippen LogP contribution is -2.30. The number of carbonyl (C=O) groups excluding carboxylic acids is 3. The molecule has 0 unspecified atom stereocenters. The van der Waals surface area contributed by atoms with E-state index in [1.807, 2.05) is 66.7 Å². The van der Waals surface area contributed by atoms with Crippen molar-refractivity contribution in [1.82, 2.24) is 5.32 Å². The van der Waals surface area contributed by atoms with Crippen molar-refractivity contribution in [3.8, 4) is 11.5 Å². The first kappa shape index (κ1) is 32.6. The smallest absolute Gasteiger partial charge is 0.272 e. The van der Waals surface area contributed by atoms with Crippen molar-refractivity contribution < 1.29 is 23.9 Å². The molecule has 9 heteroatoms. The molecule has 0 spiro atoms. The molecular weight excluding hydrogens is 611 g/mol. The summed E-state index contributed by atoms with van der Waals surface area (Å²) in [5.74, 6) is 0.129. The Morgan fingerprint density at radius 3 is 1.98 bits per heavy atom. The van der Waals surface area contributed by atoms with E-state index in [1.54, 1.807) is 78.7 Å². The zero-order valence-corrected chi connectivity index (χ0v) is 26.7. The van der Waals surface area contributed by atoms with Gasteiger partial charge in [-0.25, -0.2) is 0 Å². The Hall–Kier alpha value is -5.80. The first-order valence-electron chi connectivity index (χ1n) is 14.7. The van der Waals surface area contributed by atoms with Gasteiger partial charge in [-0.2, -0.15) is 0 Å². The normalized spacial score (nSPS) is 10.9. The minimum Gasteiger partial charge on any atom is -0.497 e. The van der Waals surface area contributed by atoms with Crippen LogP contribution in [0, 0.1) is 0 Å². The lowest BCUT2D eigenvalue weighted by atomic mass is 10.1. The van der Waals surface area contributed by atoms with Gasteiger partial charge < -0.3 is 20.1 Å². The van der Waals surface area contributed by atoms with E-state index in [4.69, 9.17) is 9.47 Å². The minimum atomic E-state index is -0.545. The van der Waals surface area contributed by atoms with E-state index in [2.05, 4.69) is 10.6 Å². The molecule has 0 radical (unpaired) electrons. The number of ether oxygens (including phenoxy) is 2. The van der Waals surface area contributed by atoms with Crippen LogP contribution in [-0.2, 0) is 9.59 Å². The minimum absolute atomic E-state index is 0.00000374. The first-order chi connectivity index (χ1) is 22.9. The van der Waals surface area contributed by atoms with Crippen LogP contribution >= 0.6 is 11.8 Å². The van der Waals surface area contributed by atoms with Crippen LogP contribution in [-0.4, -0.2) is 37.7 Å². The van der Waals surface area contributed by atoms with Crippen molar-refractivity contribution in [3.05, 3.63) is 150 Å². The van der Waals surface area contributed by atoms with Crippen molar-refractivity contribution >= 4 is 52.6 Å². The molecule has 0 atom stereocenters. The number of rotatable bonds is 12. The van der Waals surface area contributed by atoms with Crippen LogP contribution in [0.1, 0.15) is 15.9 Å². The van der Waals surface area contributed by atoms with Gasteiger partial charge in [0.2, 0.25) is 5.91 Å². The summed E-state index contributed by atoms with van der Waals surface area (Å²) in [7, 11) is 3.06. The third-order valence-electron chi connectivity index (χ3n) is 7.00. The van der Waals surface area contributed by atoms with Gasteiger partial charge in [-0.3, -0.25) is 19.3 Å². The average molecular weight is 644 g/mol. The number of anilines is 3. The fourth-order valence-corrected chi connectivity index (χ4v) is 5.52. The number of para-hydroxylation sites is 2. The van der Waals surface area contributed by atoms with E-state index < -0.39 is 11.8 Å². The quantitative estimate of drug-likeness (QED) is 0.108. The lowest BCUT2D eigenvalue weighted by Gasteiger charge is -2.23. The van der Waals surface area contributed by atoms with Crippen LogP contribution in [0.3, 0.4) is 0 Å². The van der Waals surface area contributed by atoms with Gasteiger partial charge in [0.1, 0.15) is 17.2 Å². The topological polar surface area (TPSA) is 97.0 Å². The Labute approximate surface area is 278 Å². The van der Waals surface area contributed by atoms with Crippen LogP contribution in [0.4, 0.5) is 17.1 Å². The number of nitrogens with zero attached hydrogens (tertiary/aromatic N) is 1. The molecule has 47 heavy (non-hydrogen) atoms. The molecule has 0 aromatic heterocycles. The molecule has 5 aromatic rings. The van der Waals surface area contributed by atoms with Gasteiger partial charge >= 0.3 is 0 Å². The third-order valence-corrected chi connectivity index (χ3v) is 7.98. The number of hydrogen-bond acceptors (Lipinski definition) is 6.